The minimum atomic E-state index is -1.07. The second-order valence-electron chi connectivity index (χ2n) is 7.86. The Morgan fingerprint density at radius 1 is 1.36 bits per heavy atom. The number of nitrogens with zero attached hydrogens (tertiary/aromatic N) is 1. The maximum Gasteiger partial charge on any atom is 0.526 e. The third-order valence-corrected chi connectivity index (χ3v) is 5.65. The van der Waals surface area contributed by atoms with Crippen LogP contribution < -0.4 is 15.7 Å². The van der Waals surface area contributed by atoms with Crippen molar-refractivity contribution in [3.63, 3.8) is 0 Å². The molecule has 0 aliphatic carbocycles. The van der Waals surface area contributed by atoms with Crippen molar-refractivity contribution < 1.29 is 19.3 Å². The van der Waals surface area contributed by atoms with Gasteiger partial charge in [-0.3, -0.25) is 14.5 Å². The Kier molecular flexibility index (Phi) is 7.23. The van der Waals surface area contributed by atoms with Crippen LogP contribution in [0, 0.1) is 0 Å². The maximum absolute atomic E-state index is 12.6. The Morgan fingerprint density at radius 2 is 2.11 bits per heavy atom. The standard InChI is InChI=1S/C20H30BN3O4/c1-14(25)19-4-2-3-15-11-16(21(27)28-20(15)19)12-18(26)13-24-9-5-17(6-10-24)23-8-7-22/h2-4,16-17,23,27H,5-13,22H2,1H3/t16-/m1/s1. The van der Waals surface area contributed by atoms with Gasteiger partial charge in [-0.2, -0.15) is 0 Å². The Bertz CT molecular complexity index is 707. The summed E-state index contributed by atoms with van der Waals surface area (Å²) >= 11 is 0. The minimum Gasteiger partial charge on any atom is -0.535 e. The number of carbonyl (C=O) groups is 2. The van der Waals surface area contributed by atoms with E-state index in [0.717, 1.165) is 38.0 Å². The van der Waals surface area contributed by atoms with Crippen molar-refractivity contribution in [1.29, 1.82) is 0 Å². The summed E-state index contributed by atoms with van der Waals surface area (Å²) in [4.78, 5) is 26.5. The van der Waals surface area contributed by atoms with Crippen molar-refractivity contribution >= 4 is 18.7 Å². The van der Waals surface area contributed by atoms with Crippen molar-refractivity contribution in [2.24, 2.45) is 5.73 Å². The first-order valence-electron chi connectivity index (χ1n) is 10.1. The molecule has 2 heterocycles. The molecule has 1 saturated heterocycles. The van der Waals surface area contributed by atoms with E-state index in [1.165, 1.54) is 6.92 Å². The van der Waals surface area contributed by atoms with Gasteiger partial charge in [0.25, 0.3) is 0 Å². The number of carbonyl (C=O) groups excluding carboxylic acids is 2. The van der Waals surface area contributed by atoms with Crippen LogP contribution >= 0.6 is 0 Å². The van der Waals surface area contributed by atoms with Crippen LogP contribution in [0.2, 0.25) is 5.82 Å². The van der Waals surface area contributed by atoms with Gasteiger partial charge in [-0.05, 0) is 37.8 Å². The fraction of sp³-hybridized carbons (Fsp3) is 0.600. The molecular weight excluding hydrogens is 357 g/mol. The summed E-state index contributed by atoms with van der Waals surface area (Å²) in [5, 5.41) is 13.8. The summed E-state index contributed by atoms with van der Waals surface area (Å²) < 4.78 is 5.63. The van der Waals surface area contributed by atoms with Crippen LogP contribution in [0.15, 0.2) is 18.2 Å². The average molecular weight is 387 g/mol. The van der Waals surface area contributed by atoms with Crippen molar-refractivity contribution in [1.82, 2.24) is 10.2 Å². The number of para-hydroxylation sites is 1. The SMILES string of the molecule is CC(=O)c1cccc2c1OB(O)[C@@H](CC(=O)CN1CCC(NCCN)CC1)C2. The predicted molar refractivity (Wildman–Crippen MR) is 109 cm³/mol. The number of rotatable bonds is 8. The van der Waals surface area contributed by atoms with Crippen LogP contribution in [0.3, 0.4) is 0 Å². The van der Waals surface area contributed by atoms with Gasteiger partial charge in [0.15, 0.2) is 5.78 Å². The number of benzene rings is 1. The predicted octanol–water partition coefficient (Wildman–Crippen LogP) is 0.647. The minimum absolute atomic E-state index is 0.0945. The molecule has 2 aliphatic heterocycles. The normalized spacial score (nSPS) is 20.5. The van der Waals surface area contributed by atoms with Gasteiger partial charge in [0.2, 0.25) is 0 Å². The number of piperidine rings is 1. The van der Waals surface area contributed by atoms with Crippen LogP contribution in [0.1, 0.15) is 42.1 Å². The molecule has 1 fully saturated rings. The van der Waals surface area contributed by atoms with Gasteiger partial charge in [-0.15, -0.1) is 0 Å². The topological polar surface area (TPSA) is 105 Å². The number of nitrogens with one attached hydrogen (secondary N) is 1. The zero-order valence-corrected chi connectivity index (χ0v) is 16.5. The smallest absolute Gasteiger partial charge is 0.526 e. The van der Waals surface area contributed by atoms with Crippen LogP contribution in [0.25, 0.3) is 0 Å². The molecule has 0 aromatic heterocycles. The molecule has 4 N–H and O–H groups in total. The molecule has 0 radical (unpaired) electrons. The highest BCUT2D eigenvalue weighted by molar-refractivity contribution is 6.47. The molecule has 0 unspecified atom stereocenters. The molecular formula is C20H30BN3O4. The second kappa shape index (κ2) is 9.65. The molecule has 1 atom stereocenters. The van der Waals surface area contributed by atoms with E-state index in [0.29, 0.717) is 36.9 Å². The lowest BCUT2D eigenvalue weighted by atomic mass is 9.64. The van der Waals surface area contributed by atoms with E-state index in [1.807, 2.05) is 12.1 Å². The lowest BCUT2D eigenvalue weighted by molar-refractivity contribution is -0.120. The van der Waals surface area contributed by atoms with Gasteiger partial charge in [0.05, 0.1) is 12.1 Å². The summed E-state index contributed by atoms with van der Waals surface area (Å²) in [6.45, 7) is 5.14. The van der Waals surface area contributed by atoms with Crippen molar-refractivity contribution in [2.75, 3.05) is 32.7 Å². The highest BCUT2D eigenvalue weighted by Gasteiger charge is 2.37. The second-order valence-corrected chi connectivity index (χ2v) is 7.86. The van der Waals surface area contributed by atoms with Crippen molar-refractivity contribution in [3.05, 3.63) is 29.3 Å². The number of likely N-dealkylation sites (tertiary alicyclic amines) is 1. The Labute approximate surface area is 166 Å². The van der Waals surface area contributed by atoms with E-state index in [2.05, 4.69) is 10.2 Å². The zero-order chi connectivity index (χ0) is 20.1. The van der Waals surface area contributed by atoms with E-state index in [1.54, 1.807) is 6.07 Å². The molecule has 2 aliphatic rings. The fourth-order valence-corrected chi connectivity index (χ4v) is 4.12. The van der Waals surface area contributed by atoms with E-state index in [4.69, 9.17) is 10.4 Å². The van der Waals surface area contributed by atoms with Gasteiger partial charge in [-0.25, -0.2) is 0 Å². The third-order valence-electron chi connectivity index (χ3n) is 5.65. The van der Waals surface area contributed by atoms with Crippen LogP contribution in [0.5, 0.6) is 5.75 Å². The highest BCUT2D eigenvalue weighted by atomic mass is 16.5. The zero-order valence-electron chi connectivity index (χ0n) is 16.5. The lowest BCUT2D eigenvalue weighted by Gasteiger charge is -2.32. The molecule has 1 aromatic rings. The van der Waals surface area contributed by atoms with Gasteiger partial charge >= 0.3 is 7.12 Å². The van der Waals surface area contributed by atoms with Crippen molar-refractivity contribution in [2.45, 2.75) is 44.5 Å². The first-order chi connectivity index (χ1) is 13.5. The monoisotopic (exact) mass is 387 g/mol. The first-order valence-corrected chi connectivity index (χ1v) is 10.1. The molecule has 1 aromatic carbocycles. The molecule has 3 rings (SSSR count). The highest BCUT2D eigenvalue weighted by Crippen LogP contribution is 2.36. The summed E-state index contributed by atoms with van der Waals surface area (Å²) in [5.41, 5.74) is 6.88. The molecule has 0 bridgehead atoms. The largest absolute Gasteiger partial charge is 0.535 e. The molecule has 7 nitrogen and oxygen atoms in total. The maximum atomic E-state index is 12.6. The number of fused-ring (bicyclic) bond motifs is 1. The Hall–Kier alpha value is -1.74. The number of nitrogens with two attached hydrogens (primary N) is 1. The fourth-order valence-electron chi connectivity index (χ4n) is 4.12. The van der Waals surface area contributed by atoms with Gasteiger partial charge in [0.1, 0.15) is 11.5 Å². The van der Waals surface area contributed by atoms with Crippen molar-refractivity contribution in [3.8, 4) is 5.75 Å². The average Bonchev–Trinajstić information content (AvgIpc) is 2.67. The third kappa shape index (κ3) is 5.20. The van der Waals surface area contributed by atoms with Crippen LogP contribution in [-0.2, 0) is 11.2 Å². The molecule has 8 heteroatoms. The molecule has 152 valence electrons. The molecule has 28 heavy (non-hydrogen) atoms. The van der Waals surface area contributed by atoms with Gasteiger partial charge in [-0.1, -0.05) is 12.1 Å². The van der Waals surface area contributed by atoms with Gasteiger partial charge < -0.3 is 20.7 Å². The number of Topliss-reactive ketones (excluding diaryl/α,β-unsaturated/α-hetero) is 2. The summed E-state index contributed by atoms with van der Waals surface area (Å²) in [6.07, 6.45) is 2.85. The first kappa shape index (κ1) is 21.0. The van der Waals surface area contributed by atoms with E-state index >= 15 is 0 Å². The van der Waals surface area contributed by atoms with Gasteiger partial charge in [0, 0.05) is 44.5 Å². The molecule has 0 spiro atoms. The summed E-state index contributed by atoms with van der Waals surface area (Å²) in [6, 6.07) is 5.89. The quantitative estimate of drug-likeness (QED) is 0.444. The van der Waals surface area contributed by atoms with E-state index < -0.39 is 7.12 Å². The Balaban J connectivity index is 1.51. The summed E-state index contributed by atoms with van der Waals surface area (Å²) in [7, 11) is -1.07. The lowest BCUT2D eigenvalue weighted by Crippen LogP contribution is -2.45. The summed E-state index contributed by atoms with van der Waals surface area (Å²) in [5.74, 6) is 0.194. The van der Waals surface area contributed by atoms with E-state index in [9.17, 15) is 14.6 Å². The van der Waals surface area contributed by atoms with Crippen LogP contribution in [-0.4, -0.2) is 67.4 Å². The van der Waals surface area contributed by atoms with E-state index in [-0.39, 0.29) is 23.8 Å². The van der Waals surface area contributed by atoms with Crippen LogP contribution in [0.4, 0.5) is 0 Å². The number of hydrogen-bond donors (Lipinski definition) is 3. The number of ketones is 2. The molecule has 0 saturated carbocycles. The number of hydrogen-bond acceptors (Lipinski definition) is 7. The Morgan fingerprint density at radius 3 is 2.79 bits per heavy atom. The molecule has 0 amide bonds.